The van der Waals surface area contributed by atoms with Crippen LogP contribution < -0.4 is 10.9 Å². The molecule has 1 aromatic heterocycles. The highest BCUT2D eigenvalue weighted by Gasteiger charge is 2.20. The van der Waals surface area contributed by atoms with Crippen LogP contribution in [0.2, 0.25) is 0 Å². The number of amides is 1. The molecular formula is C12H17N3O2. The van der Waals surface area contributed by atoms with Gasteiger partial charge in [0.15, 0.2) is 0 Å². The third-order valence-electron chi connectivity index (χ3n) is 3.05. The first-order chi connectivity index (χ1) is 8.18. The number of likely N-dealkylation sites (N-methyl/N-ethyl adjacent to an activating group) is 1. The van der Waals surface area contributed by atoms with Crippen LogP contribution in [0.3, 0.4) is 0 Å². The summed E-state index contributed by atoms with van der Waals surface area (Å²) in [4.78, 5) is 27.6. The van der Waals surface area contributed by atoms with E-state index in [4.69, 9.17) is 0 Å². The number of nitrogens with one attached hydrogen (secondary N) is 2. The van der Waals surface area contributed by atoms with Gasteiger partial charge in [-0.2, -0.15) is 0 Å². The second kappa shape index (κ2) is 5.14. The lowest BCUT2D eigenvalue weighted by Gasteiger charge is -2.21. The van der Waals surface area contributed by atoms with Crippen LogP contribution in [0.25, 0.3) is 0 Å². The smallest absolute Gasteiger partial charge is 0.260 e. The molecule has 0 bridgehead atoms. The van der Waals surface area contributed by atoms with E-state index in [9.17, 15) is 9.59 Å². The average Bonchev–Trinajstić information content (AvgIpc) is 2.81. The summed E-state index contributed by atoms with van der Waals surface area (Å²) in [5, 5.41) is 3.33. The van der Waals surface area contributed by atoms with Gasteiger partial charge < -0.3 is 15.2 Å². The molecular weight excluding hydrogens is 218 g/mol. The third-order valence-corrected chi connectivity index (χ3v) is 3.05. The van der Waals surface area contributed by atoms with Crippen LogP contribution in [0.15, 0.2) is 23.1 Å². The Hall–Kier alpha value is -1.62. The number of carbonyl (C=O) groups excluding carboxylic acids is 1. The van der Waals surface area contributed by atoms with Crippen molar-refractivity contribution in [2.45, 2.75) is 18.9 Å². The maximum atomic E-state index is 12.0. The van der Waals surface area contributed by atoms with Crippen molar-refractivity contribution in [2.75, 3.05) is 20.1 Å². The molecule has 5 nitrogen and oxygen atoms in total. The molecule has 0 aliphatic carbocycles. The molecule has 1 unspecified atom stereocenters. The molecule has 2 N–H and O–H groups in total. The number of aromatic nitrogens is 1. The topological polar surface area (TPSA) is 65.2 Å². The zero-order valence-electron chi connectivity index (χ0n) is 9.90. The summed E-state index contributed by atoms with van der Waals surface area (Å²) in [6.45, 7) is 1.66. The van der Waals surface area contributed by atoms with Gasteiger partial charge in [-0.25, -0.2) is 0 Å². The molecule has 1 aliphatic heterocycles. The molecule has 0 spiro atoms. The van der Waals surface area contributed by atoms with E-state index in [0.717, 1.165) is 19.4 Å². The molecule has 1 amide bonds. The molecule has 2 rings (SSSR count). The molecule has 0 aromatic carbocycles. The normalized spacial score (nSPS) is 19.2. The molecule has 2 heterocycles. The summed E-state index contributed by atoms with van der Waals surface area (Å²) in [7, 11) is 1.73. The molecule has 0 saturated carbocycles. The Morgan fingerprint density at radius 2 is 2.41 bits per heavy atom. The highest BCUT2D eigenvalue weighted by molar-refractivity contribution is 5.93. The summed E-state index contributed by atoms with van der Waals surface area (Å²) >= 11 is 0. The molecule has 1 fully saturated rings. The van der Waals surface area contributed by atoms with E-state index < -0.39 is 0 Å². The molecule has 5 heteroatoms. The predicted molar refractivity (Wildman–Crippen MR) is 65.0 cm³/mol. The molecule has 17 heavy (non-hydrogen) atoms. The van der Waals surface area contributed by atoms with Gasteiger partial charge in [-0.05, 0) is 31.5 Å². The van der Waals surface area contributed by atoms with Crippen LogP contribution in [0.1, 0.15) is 23.2 Å². The van der Waals surface area contributed by atoms with Gasteiger partial charge in [0.2, 0.25) is 0 Å². The monoisotopic (exact) mass is 235 g/mol. The first kappa shape index (κ1) is 11.9. The van der Waals surface area contributed by atoms with E-state index in [1.54, 1.807) is 24.1 Å². The fourth-order valence-electron chi connectivity index (χ4n) is 2.12. The number of pyridine rings is 1. The van der Waals surface area contributed by atoms with Crippen molar-refractivity contribution in [3.8, 4) is 0 Å². The quantitative estimate of drug-likeness (QED) is 0.786. The Morgan fingerprint density at radius 1 is 1.59 bits per heavy atom. The zero-order valence-corrected chi connectivity index (χ0v) is 9.90. The average molecular weight is 235 g/mol. The van der Waals surface area contributed by atoms with Gasteiger partial charge in [-0.1, -0.05) is 0 Å². The molecule has 1 atom stereocenters. The lowest BCUT2D eigenvalue weighted by Crippen LogP contribution is -2.40. The van der Waals surface area contributed by atoms with Crippen molar-refractivity contribution >= 4 is 5.91 Å². The second-order valence-electron chi connectivity index (χ2n) is 4.39. The number of hydrogen-bond acceptors (Lipinski definition) is 3. The highest BCUT2D eigenvalue weighted by Crippen LogP contribution is 2.07. The van der Waals surface area contributed by atoms with Gasteiger partial charge >= 0.3 is 0 Å². The van der Waals surface area contributed by atoms with E-state index in [1.807, 2.05) is 0 Å². The Balaban J connectivity index is 2.04. The number of aromatic amines is 1. The van der Waals surface area contributed by atoms with Crippen LogP contribution in [0.4, 0.5) is 0 Å². The van der Waals surface area contributed by atoms with Crippen LogP contribution in [0, 0.1) is 0 Å². The number of H-pyrrole nitrogens is 1. The molecule has 0 radical (unpaired) electrons. The Bertz CT molecular complexity index is 449. The lowest BCUT2D eigenvalue weighted by atomic mass is 10.2. The molecule has 1 aliphatic rings. The Kier molecular flexibility index (Phi) is 3.58. The van der Waals surface area contributed by atoms with Crippen molar-refractivity contribution in [2.24, 2.45) is 0 Å². The van der Waals surface area contributed by atoms with E-state index >= 15 is 0 Å². The SMILES string of the molecule is CN(CC1CCCN1)C(=O)c1ccc[nH]c1=O. The van der Waals surface area contributed by atoms with Crippen LogP contribution in [-0.4, -0.2) is 42.0 Å². The molecule has 92 valence electrons. The first-order valence-electron chi connectivity index (χ1n) is 5.85. The summed E-state index contributed by atoms with van der Waals surface area (Å²) in [5.41, 5.74) is -0.128. The largest absolute Gasteiger partial charge is 0.340 e. The van der Waals surface area contributed by atoms with E-state index in [1.165, 1.54) is 6.20 Å². The minimum Gasteiger partial charge on any atom is -0.340 e. The van der Waals surface area contributed by atoms with Crippen molar-refractivity contribution in [1.29, 1.82) is 0 Å². The maximum absolute atomic E-state index is 12.0. The van der Waals surface area contributed by atoms with Gasteiger partial charge in [0.1, 0.15) is 5.56 Å². The maximum Gasteiger partial charge on any atom is 0.260 e. The van der Waals surface area contributed by atoms with Gasteiger partial charge in [0.05, 0.1) is 0 Å². The van der Waals surface area contributed by atoms with Crippen molar-refractivity contribution in [3.63, 3.8) is 0 Å². The highest BCUT2D eigenvalue weighted by atomic mass is 16.2. The fourth-order valence-corrected chi connectivity index (χ4v) is 2.12. The summed E-state index contributed by atoms with van der Waals surface area (Å²) in [6.07, 6.45) is 3.76. The Labute approximate surface area is 99.8 Å². The van der Waals surface area contributed by atoms with Crippen molar-refractivity contribution < 1.29 is 4.79 Å². The summed E-state index contributed by atoms with van der Waals surface area (Å²) < 4.78 is 0. The molecule has 1 aromatic rings. The number of carbonyl (C=O) groups is 1. The van der Waals surface area contributed by atoms with E-state index in [2.05, 4.69) is 10.3 Å². The Morgan fingerprint density at radius 3 is 3.06 bits per heavy atom. The van der Waals surface area contributed by atoms with Crippen LogP contribution in [0.5, 0.6) is 0 Å². The summed E-state index contributed by atoms with van der Waals surface area (Å²) in [6, 6.07) is 3.57. The first-order valence-corrected chi connectivity index (χ1v) is 5.85. The van der Waals surface area contributed by atoms with Gasteiger partial charge in [-0.3, -0.25) is 9.59 Å². The minimum absolute atomic E-state index is 0.202. The number of rotatable bonds is 3. The van der Waals surface area contributed by atoms with E-state index in [0.29, 0.717) is 12.6 Å². The summed E-state index contributed by atoms with van der Waals surface area (Å²) in [5.74, 6) is -0.222. The minimum atomic E-state index is -0.330. The fraction of sp³-hybridized carbons (Fsp3) is 0.500. The zero-order chi connectivity index (χ0) is 12.3. The predicted octanol–water partition coefficient (Wildman–Crippen LogP) is 0.199. The molecule has 1 saturated heterocycles. The van der Waals surface area contributed by atoms with Crippen molar-refractivity contribution in [1.82, 2.24) is 15.2 Å². The van der Waals surface area contributed by atoms with Gasteiger partial charge in [0.25, 0.3) is 11.5 Å². The van der Waals surface area contributed by atoms with E-state index in [-0.39, 0.29) is 17.0 Å². The van der Waals surface area contributed by atoms with Gasteiger partial charge in [0, 0.05) is 25.8 Å². The van der Waals surface area contributed by atoms with Crippen LogP contribution in [-0.2, 0) is 0 Å². The number of hydrogen-bond donors (Lipinski definition) is 2. The lowest BCUT2D eigenvalue weighted by molar-refractivity contribution is 0.0782. The second-order valence-corrected chi connectivity index (χ2v) is 4.39. The standard InChI is InChI=1S/C12H17N3O2/c1-15(8-9-4-2-6-13-9)12(17)10-5-3-7-14-11(10)16/h3,5,7,9,13H,2,4,6,8H2,1H3,(H,14,16). The van der Waals surface area contributed by atoms with Crippen molar-refractivity contribution in [3.05, 3.63) is 34.2 Å². The van der Waals surface area contributed by atoms with Gasteiger partial charge in [-0.15, -0.1) is 0 Å². The number of nitrogens with zero attached hydrogens (tertiary/aromatic N) is 1. The van der Waals surface area contributed by atoms with Crippen LogP contribution >= 0.6 is 0 Å². The third kappa shape index (κ3) is 2.74.